The van der Waals surface area contributed by atoms with Crippen molar-refractivity contribution in [1.82, 2.24) is 4.57 Å². The van der Waals surface area contributed by atoms with Gasteiger partial charge in [0.2, 0.25) is 0 Å². The van der Waals surface area contributed by atoms with Gasteiger partial charge in [0, 0.05) is 22.7 Å². The van der Waals surface area contributed by atoms with Crippen LogP contribution < -0.4 is 4.74 Å². The van der Waals surface area contributed by atoms with Gasteiger partial charge in [-0.05, 0) is 30.7 Å². The number of benzene rings is 2. The molecule has 0 bridgehead atoms. The molecule has 27 heavy (non-hydrogen) atoms. The van der Waals surface area contributed by atoms with E-state index in [9.17, 15) is 19.1 Å². The zero-order chi connectivity index (χ0) is 20.1. The monoisotopic (exact) mass is 371 g/mol. The Labute approximate surface area is 157 Å². The van der Waals surface area contributed by atoms with E-state index in [0.29, 0.717) is 27.7 Å². The number of ether oxygens (including phenoxy) is 1. The summed E-state index contributed by atoms with van der Waals surface area (Å²) in [5, 5.41) is 9.69. The van der Waals surface area contributed by atoms with Gasteiger partial charge < -0.3 is 9.84 Å². The van der Waals surface area contributed by atoms with Gasteiger partial charge in [-0.25, -0.2) is 4.39 Å². The van der Waals surface area contributed by atoms with Gasteiger partial charge in [-0.1, -0.05) is 32.0 Å². The van der Waals surface area contributed by atoms with Gasteiger partial charge in [-0.2, -0.15) is 0 Å². The van der Waals surface area contributed by atoms with Gasteiger partial charge in [0.15, 0.2) is 11.6 Å². The number of aromatic nitrogens is 1. The van der Waals surface area contributed by atoms with Crippen molar-refractivity contribution in [1.29, 1.82) is 0 Å². The minimum atomic E-state index is -1.03. The first-order chi connectivity index (χ1) is 12.9. The first kappa shape index (κ1) is 20.2. The molecule has 0 fully saturated rings. The van der Waals surface area contributed by atoms with Crippen LogP contribution in [0.25, 0.3) is 10.9 Å². The van der Waals surface area contributed by atoms with Crippen molar-refractivity contribution >= 4 is 22.8 Å². The molecule has 0 saturated carbocycles. The largest absolute Gasteiger partial charge is 0.494 e. The van der Waals surface area contributed by atoms with E-state index in [2.05, 4.69) is 0 Å². The molecule has 5 nitrogen and oxygen atoms in total. The molecule has 0 saturated heterocycles. The summed E-state index contributed by atoms with van der Waals surface area (Å²) < 4.78 is 20.5. The van der Waals surface area contributed by atoms with E-state index in [-0.39, 0.29) is 18.1 Å². The van der Waals surface area contributed by atoms with E-state index in [1.807, 2.05) is 13.8 Å². The molecule has 6 heteroatoms. The Balaban J connectivity index is 0.00000126. The summed E-state index contributed by atoms with van der Waals surface area (Å²) in [4.78, 5) is 24.1. The molecule has 0 radical (unpaired) electrons. The van der Waals surface area contributed by atoms with Gasteiger partial charge in [-0.3, -0.25) is 14.2 Å². The number of carbonyl (C=O) groups is 2. The second-order valence-electron chi connectivity index (χ2n) is 5.64. The fourth-order valence-electron chi connectivity index (χ4n) is 2.98. The lowest BCUT2D eigenvalue weighted by Crippen LogP contribution is -2.14. The Bertz CT molecular complexity index is 977. The van der Waals surface area contributed by atoms with Crippen LogP contribution in [0, 0.1) is 12.7 Å². The second kappa shape index (κ2) is 8.49. The van der Waals surface area contributed by atoms with Crippen LogP contribution in [0.5, 0.6) is 5.75 Å². The highest BCUT2D eigenvalue weighted by molar-refractivity contribution is 6.04. The Morgan fingerprint density at radius 3 is 2.33 bits per heavy atom. The molecule has 3 rings (SSSR count). The van der Waals surface area contributed by atoms with Crippen LogP contribution in [0.4, 0.5) is 4.39 Å². The van der Waals surface area contributed by atoms with E-state index in [1.54, 1.807) is 37.3 Å². The lowest BCUT2D eigenvalue weighted by Gasteiger charge is -2.08. The van der Waals surface area contributed by atoms with Crippen LogP contribution >= 0.6 is 0 Å². The molecule has 1 heterocycles. The highest BCUT2D eigenvalue weighted by Crippen LogP contribution is 2.32. The van der Waals surface area contributed by atoms with Crippen LogP contribution in [-0.2, 0) is 11.2 Å². The standard InChI is InChI=1S/C19H16FNO4.C2H6/c1-11-13(9-18(22)23)14-8-17(25-2)15(20)10-16(14)21(11)19(24)12-6-4-3-5-7-12;1-2/h3-8,10H,9H2,1-2H3,(H,22,23);1-2H3. The molecule has 142 valence electrons. The summed E-state index contributed by atoms with van der Waals surface area (Å²) in [5.41, 5.74) is 1.69. The molecular weight excluding hydrogens is 349 g/mol. The normalized spacial score (nSPS) is 10.3. The van der Waals surface area contributed by atoms with E-state index in [0.717, 1.165) is 0 Å². The van der Waals surface area contributed by atoms with Gasteiger partial charge in [-0.15, -0.1) is 0 Å². The maximum Gasteiger partial charge on any atom is 0.307 e. The highest BCUT2D eigenvalue weighted by atomic mass is 19.1. The fraction of sp³-hybridized carbons (Fsp3) is 0.238. The van der Waals surface area contributed by atoms with Crippen molar-refractivity contribution in [2.24, 2.45) is 0 Å². The smallest absolute Gasteiger partial charge is 0.307 e. The summed E-state index contributed by atoms with van der Waals surface area (Å²) in [6.07, 6.45) is -0.272. The number of halogens is 1. The van der Waals surface area contributed by atoms with Gasteiger partial charge in [0.05, 0.1) is 19.0 Å². The number of hydrogen-bond acceptors (Lipinski definition) is 3. The first-order valence-corrected chi connectivity index (χ1v) is 8.63. The quantitative estimate of drug-likeness (QED) is 0.736. The predicted molar refractivity (Wildman–Crippen MR) is 102 cm³/mol. The second-order valence-corrected chi connectivity index (χ2v) is 5.64. The number of carbonyl (C=O) groups excluding carboxylic acids is 1. The molecule has 0 atom stereocenters. The minimum absolute atomic E-state index is 0.00319. The average molecular weight is 371 g/mol. The molecular formula is C21H22FNO4. The number of methoxy groups -OCH3 is 1. The topological polar surface area (TPSA) is 68.5 Å². The maximum absolute atomic E-state index is 14.2. The van der Waals surface area contributed by atoms with Crippen molar-refractivity contribution in [3.8, 4) is 5.75 Å². The number of carboxylic acid groups (broad SMARTS) is 1. The van der Waals surface area contributed by atoms with Gasteiger partial charge in [0.25, 0.3) is 5.91 Å². The average Bonchev–Trinajstić information content (AvgIpc) is 2.93. The Hall–Kier alpha value is -3.15. The molecule has 1 aromatic heterocycles. The SMILES string of the molecule is CC.COc1cc2c(CC(=O)O)c(C)n(C(=O)c3ccccc3)c2cc1F. The summed E-state index contributed by atoms with van der Waals surface area (Å²) in [6.45, 7) is 5.66. The van der Waals surface area contributed by atoms with Crippen LogP contribution in [0.3, 0.4) is 0 Å². The van der Waals surface area contributed by atoms with E-state index < -0.39 is 11.8 Å². The first-order valence-electron chi connectivity index (χ1n) is 8.63. The number of hydrogen-bond donors (Lipinski definition) is 1. The molecule has 3 aromatic rings. The van der Waals surface area contributed by atoms with Gasteiger partial charge in [0.1, 0.15) is 0 Å². The predicted octanol–water partition coefficient (Wildman–Crippen LogP) is 4.44. The van der Waals surface area contributed by atoms with Gasteiger partial charge >= 0.3 is 5.97 Å². The number of aliphatic carboxylic acids is 1. The van der Waals surface area contributed by atoms with Crippen LogP contribution in [-0.4, -0.2) is 28.7 Å². The summed E-state index contributed by atoms with van der Waals surface area (Å²) in [7, 11) is 1.33. The Morgan fingerprint density at radius 2 is 1.78 bits per heavy atom. The Kier molecular flexibility index (Phi) is 6.34. The lowest BCUT2D eigenvalue weighted by atomic mass is 10.1. The zero-order valence-corrected chi connectivity index (χ0v) is 15.7. The number of nitrogens with zero attached hydrogens (tertiary/aromatic N) is 1. The third-order valence-corrected chi connectivity index (χ3v) is 4.16. The molecule has 0 aliphatic heterocycles. The number of carboxylic acids is 1. The third-order valence-electron chi connectivity index (χ3n) is 4.16. The maximum atomic E-state index is 14.2. The minimum Gasteiger partial charge on any atom is -0.494 e. The molecule has 0 aliphatic carbocycles. The number of rotatable bonds is 4. The summed E-state index contributed by atoms with van der Waals surface area (Å²) in [6, 6.07) is 11.2. The summed E-state index contributed by atoms with van der Waals surface area (Å²) in [5.74, 6) is -1.98. The van der Waals surface area contributed by atoms with Crippen molar-refractivity contribution in [3.05, 3.63) is 65.1 Å². The van der Waals surface area contributed by atoms with E-state index in [1.165, 1.54) is 23.8 Å². The molecule has 0 unspecified atom stereocenters. The zero-order valence-electron chi connectivity index (χ0n) is 15.7. The molecule has 0 amide bonds. The van der Waals surface area contributed by atoms with Crippen LogP contribution in [0.15, 0.2) is 42.5 Å². The molecule has 2 aromatic carbocycles. The molecule has 1 N–H and O–H groups in total. The van der Waals surface area contributed by atoms with E-state index in [4.69, 9.17) is 4.74 Å². The summed E-state index contributed by atoms with van der Waals surface area (Å²) >= 11 is 0. The van der Waals surface area contributed by atoms with Crippen LogP contribution in [0.1, 0.15) is 35.5 Å². The number of fused-ring (bicyclic) bond motifs is 1. The van der Waals surface area contributed by atoms with Crippen molar-refractivity contribution in [2.75, 3.05) is 7.11 Å². The molecule has 0 spiro atoms. The third kappa shape index (κ3) is 3.84. The van der Waals surface area contributed by atoms with Crippen molar-refractivity contribution in [3.63, 3.8) is 0 Å². The highest BCUT2D eigenvalue weighted by Gasteiger charge is 2.23. The van der Waals surface area contributed by atoms with Crippen molar-refractivity contribution in [2.45, 2.75) is 27.2 Å². The lowest BCUT2D eigenvalue weighted by molar-refractivity contribution is -0.136. The fourth-order valence-corrected chi connectivity index (χ4v) is 2.98. The van der Waals surface area contributed by atoms with E-state index >= 15 is 0 Å². The molecule has 0 aliphatic rings. The van der Waals surface area contributed by atoms with Crippen molar-refractivity contribution < 1.29 is 23.8 Å². The Morgan fingerprint density at radius 1 is 1.15 bits per heavy atom. The van der Waals surface area contributed by atoms with Crippen LogP contribution in [0.2, 0.25) is 0 Å².